The van der Waals surface area contributed by atoms with Gasteiger partial charge in [-0.05, 0) is 23.8 Å². The van der Waals surface area contributed by atoms with Crippen LogP contribution in [0.3, 0.4) is 0 Å². The van der Waals surface area contributed by atoms with Crippen molar-refractivity contribution in [2.45, 2.75) is 0 Å². The molecule has 112 valence electrons. The number of carbonyl (C=O) groups excluding carboxylic acids is 1. The molecule has 0 aliphatic rings. The maximum atomic E-state index is 11.9. The summed E-state index contributed by atoms with van der Waals surface area (Å²) in [6, 6.07) is 10.4. The van der Waals surface area contributed by atoms with Gasteiger partial charge in [-0.3, -0.25) is 14.9 Å². The molecule has 8 heteroatoms. The smallest absolute Gasteiger partial charge is 0.267 e. The lowest BCUT2D eigenvalue weighted by Crippen LogP contribution is -2.18. The molecular formula is C14H9Cl2N3O3. The number of carbonyl (C=O) groups is 1. The number of non-ortho nitro benzene ring substituents is 1. The number of nitrogens with one attached hydrogen (secondary N) is 1. The van der Waals surface area contributed by atoms with Crippen LogP contribution in [0.5, 0.6) is 0 Å². The lowest BCUT2D eigenvalue weighted by molar-refractivity contribution is -0.384. The molecule has 1 amide bonds. The molecule has 0 spiro atoms. The maximum absolute atomic E-state index is 11.9. The van der Waals surface area contributed by atoms with Crippen LogP contribution in [0.25, 0.3) is 0 Å². The van der Waals surface area contributed by atoms with Crippen LogP contribution in [-0.4, -0.2) is 17.0 Å². The van der Waals surface area contributed by atoms with E-state index in [1.807, 2.05) is 0 Å². The maximum Gasteiger partial charge on any atom is 0.272 e. The molecule has 2 aromatic carbocycles. The first kappa shape index (κ1) is 15.9. The molecule has 0 atom stereocenters. The van der Waals surface area contributed by atoms with E-state index in [1.54, 1.807) is 24.3 Å². The van der Waals surface area contributed by atoms with E-state index in [9.17, 15) is 14.9 Å². The van der Waals surface area contributed by atoms with Crippen LogP contribution in [0.15, 0.2) is 47.6 Å². The lowest BCUT2D eigenvalue weighted by atomic mass is 10.2. The van der Waals surface area contributed by atoms with Crippen molar-refractivity contribution in [3.05, 3.63) is 73.8 Å². The Kier molecular flexibility index (Phi) is 5.08. The summed E-state index contributed by atoms with van der Waals surface area (Å²) < 4.78 is 0. The molecule has 0 saturated heterocycles. The van der Waals surface area contributed by atoms with E-state index in [0.29, 0.717) is 5.02 Å². The Hall–Kier alpha value is -2.44. The predicted octanol–water partition coefficient (Wildman–Crippen LogP) is 3.67. The second kappa shape index (κ2) is 7.02. The van der Waals surface area contributed by atoms with Gasteiger partial charge in [-0.1, -0.05) is 35.3 Å². The summed E-state index contributed by atoms with van der Waals surface area (Å²) in [6.07, 6.45) is 1.44. The molecule has 0 fully saturated rings. The van der Waals surface area contributed by atoms with Crippen LogP contribution >= 0.6 is 23.2 Å². The van der Waals surface area contributed by atoms with Crippen molar-refractivity contribution >= 4 is 41.0 Å². The highest BCUT2D eigenvalue weighted by Crippen LogP contribution is 2.22. The Labute approximate surface area is 135 Å². The average molecular weight is 338 g/mol. The summed E-state index contributed by atoms with van der Waals surface area (Å²) in [5.74, 6) is -0.565. The van der Waals surface area contributed by atoms with Gasteiger partial charge in [0.05, 0.1) is 21.7 Å². The van der Waals surface area contributed by atoms with E-state index in [4.69, 9.17) is 23.2 Å². The Morgan fingerprint density at radius 3 is 2.45 bits per heavy atom. The van der Waals surface area contributed by atoms with Gasteiger partial charge in [0, 0.05) is 17.2 Å². The fourth-order valence-corrected chi connectivity index (χ4v) is 1.96. The van der Waals surface area contributed by atoms with E-state index < -0.39 is 10.8 Å². The van der Waals surface area contributed by atoms with Crippen molar-refractivity contribution in [2.24, 2.45) is 5.10 Å². The Morgan fingerprint density at radius 2 is 1.86 bits per heavy atom. The van der Waals surface area contributed by atoms with Gasteiger partial charge in [-0.2, -0.15) is 5.10 Å². The minimum atomic E-state index is -0.591. The molecule has 0 aliphatic heterocycles. The van der Waals surface area contributed by atoms with Crippen molar-refractivity contribution in [3.8, 4) is 0 Å². The highest BCUT2D eigenvalue weighted by Gasteiger charge is 2.14. The predicted molar refractivity (Wildman–Crippen MR) is 84.6 cm³/mol. The SMILES string of the molecule is O=C(NN=Cc1ccc(Cl)cc1)c1ccc([N+](=O)[O-])cc1Cl. The monoisotopic (exact) mass is 337 g/mol. The van der Waals surface area contributed by atoms with Gasteiger partial charge in [0.2, 0.25) is 0 Å². The highest BCUT2D eigenvalue weighted by atomic mass is 35.5. The van der Waals surface area contributed by atoms with Crippen molar-refractivity contribution in [3.63, 3.8) is 0 Å². The number of hydrogen-bond donors (Lipinski definition) is 1. The second-order valence-electron chi connectivity index (χ2n) is 4.17. The van der Waals surface area contributed by atoms with Crippen LogP contribution in [0.2, 0.25) is 10.0 Å². The van der Waals surface area contributed by atoms with Crippen molar-refractivity contribution in [1.29, 1.82) is 0 Å². The summed E-state index contributed by atoms with van der Waals surface area (Å²) in [5, 5.41) is 15.0. The summed E-state index contributed by atoms with van der Waals surface area (Å²) in [7, 11) is 0. The molecule has 6 nitrogen and oxygen atoms in total. The fourth-order valence-electron chi connectivity index (χ4n) is 1.58. The molecule has 22 heavy (non-hydrogen) atoms. The number of amides is 1. The Bertz CT molecular complexity index is 745. The molecule has 2 rings (SSSR count). The summed E-state index contributed by atoms with van der Waals surface area (Å²) in [5.41, 5.74) is 2.95. The molecule has 0 aromatic heterocycles. The highest BCUT2D eigenvalue weighted by molar-refractivity contribution is 6.34. The first-order chi connectivity index (χ1) is 10.5. The van der Waals surface area contributed by atoms with Gasteiger partial charge in [0.25, 0.3) is 11.6 Å². The largest absolute Gasteiger partial charge is 0.272 e. The lowest BCUT2D eigenvalue weighted by Gasteiger charge is -2.02. The first-order valence-electron chi connectivity index (χ1n) is 6.00. The summed E-state index contributed by atoms with van der Waals surface area (Å²) in [6.45, 7) is 0. The number of nitrogens with zero attached hydrogens (tertiary/aromatic N) is 2. The van der Waals surface area contributed by atoms with Crippen LogP contribution in [0.1, 0.15) is 15.9 Å². The minimum Gasteiger partial charge on any atom is -0.267 e. The van der Waals surface area contributed by atoms with Gasteiger partial charge < -0.3 is 0 Å². The molecule has 0 saturated carbocycles. The number of benzene rings is 2. The van der Waals surface area contributed by atoms with Crippen LogP contribution in [0, 0.1) is 10.1 Å². The number of halogens is 2. The molecule has 0 unspecified atom stereocenters. The molecule has 0 aliphatic carbocycles. The third-order valence-electron chi connectivity index (χ3n) is 2.66. The van der Waals surface area contributed by atoms with E-state index in [0.717, 1.165) is 11.6 Å². The van der Waals surface area contributed by atoms with Gasteiger partial charge >= 0.3 is 0 Å². The Morgan fingerprint density at radius 1 is 1.18 bits per heavy atom. The molecule has 0 radical (unpaired) electrons. The average Bonchev–Trinajstić information content (AvgIpc) is 2.49. The first-order valence-corrected chi connectivity index (χ1v) is 6.76. The number of nitro benzene ring substituents is 1. The fraction of sp³-hybridized carbons (Fsp3) is 0. The van der Waals surface area contributed by atoms with Gasteiger partial charge in [0.1, 0.15) is 0 Å². The number of hydrogen-bond acceptors (Lipinski definition) is 4. The van der Waals surface area contributed by atoms with E-state index in [2.05, 4.69) is 10.5 Å². The quantitative estimate of drug-likeness (QED) is 0.524. The van der Waals surface area contributed by atoms with E-state index >= 15 is 0 Å². The van der Waals surface area contributed by atoms with Crippen molar-refractivity contribution < 1.29 is 9.72 Å². The topological polar surface area (TPSA) is 84.6 Å². The van der Waals surface area contributed by atoms with Gasteiger partial charge in [0.15, 0.2) is 0 Å². The molecular weight excluding hydrogens is 329 g/mol. The molecule has 1 N–H and O–H groups in total. The number of hydrazone groups is 1. The second-order valence-corrected chi connectivity index (χ2v) is 5.02. The normalized spacial score (nSPS) is 10.6. The summed E-state index contributed by atoms with van der Waals surface area (Å²) >= 11 is 11.6. The zero-order chi connectivity index (χ0) is 16.1. The molecule has 2 aromatic rings. The minimum absolute atomic E-state index is 0.0200. The molecule has 0 bridgehead atoms. The van der Waals surface area contributed by atoms with Crippen LogP contribution in [0.4, 0.5) is 5.69 Å². The van der Waals surface area contributed by atoms with Gasteiger partial charge in [-0.25, -0.2) is 5.43 Å². The number of nitro groups is 1. The third-order valence-corrected chi connectivity index (χ3v) is 3.22. The van der Waals surface area contributed by atoms with Gasteiger partial charge in [-0.15, -0.1) is 0 Å². The zero-order valence-electron chi connectivity index (χ0n) is 11.0. The van der Waals surface area contributed by atoms with Crippen LogP contribution in [-0.2, 0) is 0 Å². The van der Waals surface area contributed by atoms with E-state index in [1.165, 1.54) is 18.3 Å². The summed E-state index contributed by atoms with van der Waals surface area (Å²) in [4.78, 5) is 21.9. The zero-order valence-corrected chi connectivity index (χ0v) is 12.5. The standard InChI is InChI=1S/C14H9Cl2N3O3/c15-10-3-1-9(2-4-10)8-17-18-14(20)12-6-5-11(19(21)22)7-13(12)16/h1-8H,(H,18,20). The Balaban J connectivity index is 2.06. The third kappa shape index (κ3) is 4.03. The molecule has 0 heterocycles. The van der Waals surface area contributed by atoms with Crippen molar-refractivity contribution in [1.82, 2.24) is 5.43 Å². The van der Waals surface area contributed by atoms with Crippen molar-refractivity contribution in [2.75, 3.05) is 0 Å². The number of rotatable bonds is 4. The van der Waals surface area contributed by atoms with E-state index in [-0.39, 0.29) is 16.3 Å². The van der Waals surface area contributed by atoms with Crippen LogP contribution < -0.4 is 5.43 Å².